The van der Waals surface area contributed by atoms with Gasteiger partial charge in [-0.2, -0.15) is 0 Å². The second-order valence-electron chi connectivity index (χ2n) is 9.26. The Morgan fingerprint density at radius 1 is 1.16 bits per heavy atom. The highest BCUT2D eigenvalue weighted by atomic mass is 32.1. The van der Waals surface area contributed by atoms with Crippen molar-refractivity contribution in [2.24, 2.45) is 5.92 Å². The quantitative estimate of drug-likeness (QED) is 0.230. The number of alkyl halides is 2. The van der Waals surface area contributed by atoms with Crippen molar-refractivity contribution in [3.05, 3.63) is 52.3 Å². The average molecular weight is 532 g/mol. The van der Waals surface area contributed by atoms with E-state index >= 15 is 0 Å². The highest BCUT2D eigenvalue weighted by molar-refractivity contribution is 7.18. The number of rotatable bonds is 10. The number of thiazole rings is 1. The van der Waals surface area contributed by atoms with Gasteiger partial charge in [-0.05, 0) is 62.3 Å². The molecule has 7 nitrogen and oxygen atoms in total. The number of nitrogens with one attached hydrogen (secondary N) is 1. The van der Waals surface area contributed by atoms with Crippen molar-refractivity contribution in [1.82, 2.24) is 9.97 Å². The van der Waals surface area contributed by atoms with Gasteiger partial charge >= 0.3 is 5.97 Å². The van der Waals surface area contributed by atoms with E-state index in [1.165, 1.54) is 19.2 Å². The number of benzene rings is 1. The number of hydrogen-bond acceptors (Lipinski definition) is 7. The Labute approximate surface area is 218 Å². The molecule has 10 heteroatoms. The second-order valence-corrected chi connectivity index (χ2v) is 10.3. The minimum Gasteiger partial charge on any atom is -0.465 e. The largest absolute Gasteiger partial charge is 0.465 e. The number of aromatic nitrogens is 2. The number of anilines is 1. The number of hydrogen-bond donors (Lipinski definition) is 1. The number of ether oxygens (including phenoxy) is 2. The normalized spacial score (nSPS) is 17.8. The van der Waals surface area contributed by atoms with Crippen LogP contribution in [0.4, 0.5) is 14.5 Å². The number of halogens is 2. The summed E-state index contributed by atoms with van der Waals surface area (Å²) in [6, 6.07) is 7.12. The Morgan fingerprint density at radius 3 is 2.65 bits per heavy atom. The van der Waals surface area contributed by atoms with Crippen LogP contribution in [-0.4, -0.2) is 42.2 Å². The zero-order valence-electron chi connectivity index (χ0n) is 21.0. The highest BCUT2D eigenvalue weighted by Crippen LogP contribution is 2.40. The van der Waals surface area contributed by atoms with Crippen LogP contribution in [0.2, 0.25) is 0 Å². The number of methoxy groups -OCH3 is 1. The maximum Gasteiger partial charge on any atom is 0.340 e. The molecule has 198 valence electrons. The molecule has 0 bridgehead atoms. The first-order valence-electron chi connectivity index (χ1n) is 12.6. The minimum absolute atomic E-state index is 0.137. The highest BCUT2D eigenvalue weighted by Gasteiger charge is 2.26. The van der Waals surface area contributed by atoms with Crippen LogP contribution in [0, 0.1) is 5.92 Å². The molecule has 4 rings (SSSR count). The van der Waals surface area contributed by atoms with Crippen LogP contribution < -0.4 is 5.32 Å². The number of unbranched alkanes of at least 4 members (excludes halogenated alkanes) is 1. The molecule has 1 fully saturated rings. The molecule has 1 N–H and O–H groups in total. The Kier molecular flexibility index (Phi) is 9.15. The maximum absolute atomic E-state index is 13.0. The fraction of sp³-hybridized carbons (Fsp3) is 0.481. The summed E-state index contributed by atoms with van der Waals surface area (Å²) >= 11 is 1.54. The molecule has 1 amide bonds. The number of pyridine rings is 1. The Balaban J connectivity index is 1.51. The molecular formula is C27H31F2N3O4S. The lowest BCUT2D eigenvalue weighted by molar-refractivity contribution is 0.0602. The first kappa shape index (κ1) is 27.1. The van der Waals surface area contributed by atoms with E-state index in [0.717, 1.165) is 67.5 Å². The second kappa shape index (κ2) is 12.5. The zero-order chi connectivity index (χ0) is 26.4. The lowest BCUT2D eigenvalue weighted by Gasteiger charge is -2.27. The van der Waals surface area contributed by atoms with E-state index in [9.17, 15) is 18.4 Å². The van der Waals surface area contributed by atoms with Crippen molar-refractivity contribution in [2.45, 2.75) is 57.8 Å². The third-order valence-electron chi connectivity index (χ3n) is 6.62. The molecular weight excluding hydrogens is 500 g/mol. The molecule has 37 heavy (non-hydrogen) atoms. The van der Waals surface area contributed by atoms with Crippen LogP contribution in [0.5, 0.6) is 0 Å². The Bertz CT molecular complexity index is 1240. The number of esters is 1. The number of carbonyl (C=O) groups is 2. The van der Waals surface area contributed by atoms with Gasteiger partial charge in [-0.25, -0.2) is 23.5 Å². The van der Waals surface area contributed by atoms with Crippen LogP contribution >= 0.6 is 11.3 Å². The molecule has 0 unspecified atom stereocenters. The first-order chi connectivity index (χ1) is 17.9. The molecule has 0 saturated heterocycles. The van der Waals surface area contributed by atoms with Crippen LogP contribution in [-0.2, 0) is 9.47 Å². The van der Waals surface area contributed by atoms with Gasteiger partial charge in [0, 0.05) is 19.1 Å². The number of nitrogens with zero attached hydrogens (tertiary/aromatic N) is 2. The number of fused-ring (bicyclic) bond motifs is 1. The van der Waals surface area contributed by atoms with Crippen LogP contribution in [0.3, 0.4) is 0 Å². The van der Waals surface area contributed by atoms with E-state index in [1.54, 1.807) is 23.5 Å². The molecule has 0 atom stereocenters. The van der Waals surface area contributed by atoms with E-state index < -0.39 is 24.0 Å². The van der Waals surface area contributed by atoms with Gasteiger partial charge < -0.3 is 14.8 Å². The fourth-order valence-electron chi connectivity index (χ4n) is 4.51. The van der Waals surface area contributed by atoms with Crippen LogP contribution in [0.15, 0.2) is 30.3 Å². The van der Waals surface area contributed by atoms with Crippen molar-refractivity contribution in [3.8, 4) is 0 Å². The van der Waals surface area contributed by atoms with Gasteiger partial charge in [0.05, 0.1) is 33.6 Å². The van der Waals surface area contributed by atoms with Crippen LogP contribution in [0.1, 0.15) is 89.3 Å². The monoisotopic (exact) mass is 531 g/mol. The predicted molar refractivity (Wildman–Crippen MR) is 139 cm³/mol. The van der Waals surface area contributed by atoms with Gasteiger partial charge in [0.1, 0.15) is 11.4 Å². The molecule has 3 aromatic rings. The standard InChI is InChI=1S/C27H31F2N3O4S/c1-3-4-12-36-15-16-8-10-17(11-9-16)26-32-22-13-18(27(34)35-2)21(14-23(22)37-26)31-25(33)20-7-5-6-19(30-20)24(28)29/h5-7,13-14,16-17,24H,3-4,8-12,15H2,1-2H3,(H,31,33). The van der Waals surface area contributed by atoms with Crippen molar-refractivity contribution in [1.29, 1.82) is 0 Å². The summed E-state index contributed by atoms with van der Waals surface area (Å²) in [5.41, 5.74) is 0.343. The van der Waals surface area contributed by atoms with Gasteiger partial charge in [-0.1, -0.05) is 19.4 Å². The fourth-order valence-corrected chi connectivity index (χ4v) is 5.66. The Morgan fingerprint density at radius 2 is 1.95 bits per heavy atom. The predicted octanol–water partition coefficient (Wildman–Crippen LogP) is 6.76. The van der Waals surface area contributed by atoms with E-state index in [2.05, 4.69) is 17.2 Å². The smallest absolute Gasteiger partial charge is 0.340 e. The summed E-state index contributed by atoms with van der Waals surface area (Å²) in [7, 11) is 1.25. The third-order valence-corrected chi connectivity index (χ3v) is 7.80. The van der Waals surface area contributed by atoms with Gasteiger partial charge in [0.2, 0.25) is 0 Å². The van der Waals surface area contributed by atoms with Crippen molar-refractivity contribution >= 4 is 39.1 Å². The molecule has 1 aliphatic rings. The minimum atomic E-state index is -2.80. The Hall–Kier alpha value is -2.98. The summed E-state index contributed by atoms with van der Waals surface area (Å²) in [5.74, 6) is -0.418. The lowest BCUT2D eigenvalue weighted by atomic mass is 9.83. The molecule has 1 aromatic carbocycles. The number of carbonyl (C=O) groups excluding carboxylic acids is 2. The molecule has 2 aromatic heterocycles. The first-order valence-corrected chi connectivity index (χ1v) is 13.4. The molecule has 0 radical (unpaired) electrons. The molecule has 0 aliphatic heterocycles. The van der Waals surface area contributed by atoms with Gasteiger partial charge in [0.25, 0.3) is 12.3 Å². The molecule has 1 saturated carbocycles. The molecule has 1 aliphatic carbocycles. The molecule has 0 spiro atoms. The lowest BCUT2D eigenvalue weighted by Crippen LogP contribution is -2.18. The summed E-state index contributed by atoms with van der Waals surface area (Å²) < 4.78 is 37.6. The topological polar surface area (TPSA) is 90.4 Å². The van der Waals surface area contributed by atoms with Crippen molar-refractivity contribution < 1.29 is 27.8 Å². The number of amides is 1. The van der Waals surface area contributed by atoms with Crippen LogP contribution in [0.25, 0.3) is 10.2 Å². The summed E-state index contributed by atoms with van der Waals surface area (Å²) in [4.78, 5) is 33.8. The third kappa shape index (κ3) is 6.67. The summed E-state index contributed by atoms with van der Waals surface area (Å²) in [6.07, 6.45) is 3.67. The summed E-state index contributed by atoms with van der Waals surface area (Å²) in [5, 5.41) is 3.65. The SMILES string of the molecule is CCCCOCC1CCC(c2nc3cc(C(=O)OC)c(NC(=O)c4cccc(C(F)F)n4)cc3s2)CC1. The van der Waals surface area contributed by atoms with E-state index in [4.69, 9.17) is 14.5 Å². The van der Waals surface area contributed by atoms with Gasteiger partial charge in [-0.15, -0.1) is 11.3 Å². The van der Waals surface area contributed by atoms with E-state index in [1.807, 2.05) is 0 Å². The average Bonchev–Trinajstić information content (AvgIpc) is 3.33. The zero-order valence-corrected chi connectivity index (χ0v) is 21.8. The van der Waals surface area contributed by atoms with Crippen molar-refractivity contribution in [3.63, 3.8) is 0 Å². The van der Waals surface area contributed by atoms with E-state index in [0.29, 0.717) is 17.4 Å². The van der Waals surface area contributed by atoms with Gasteiger partial charge in [-0.3, -0.25) is 4.79 Å². The van der Waals surface area contributed by atoms with Crippen molar-refractivity contribution in [2.75, 3.05) is 25.6 Å². The van der Waals surface area contributed by atoms with E-state index in [-0.39, 0.29) is 16.9 Å². The molecule has 2 heterocycles. The summed E-state index contributed by atoms with van der Waals surface area (Å²) in [6.45, 7) is 3.79. The maximum atomic E-state index is 13.0. The van der Waals surface area contributed by atoms with Gasteiger partial charge in [0.15, 0.2) is 0 Å².